The normalized spacial score (nSPS) is 25.5. The molecule has 0 saturated carbocycles. The lowest BCUT2D eigenvalue weighted by atomic mass is 10.0. The van der Waals surface area contributed by atoms with Crippen LogP contribution < -0.4 is 5.32 Å². The molecule has 5 nitrogen and oxygen atoms in total. The van der Waals surface area contributed by atoms with Gasteiger partial charge in [0.2, 0.25) is 5.91 Å². The first-order valence-corrected chi connectivity index (χ1v) is 5.13. The van der Waals surface area contributed by atoms with Gasteiger partial charge in [0.05, 0.1) is 13.2 Å². The van der Waals surface area contributed by atoms with Crippen LogP contribution in [0.4, 0.5) is 0 Å². The molecule has 1 aliphatic heterocycles. The minimum Gasteiger partial charge on any atom is -0.378 e. The molecular formula is C10H20N2O3. The van der Waals surface area contributed by atoms with E-state index in [-0.39, 0.29) is 11.5 Å². The zero-order valence-electron chi connectivity index (χ0n) is 9.71. The second-order valence-electron chi connectivity index (χ2n) is 4.08. The topological polar surface area (TPSA) is 50.8 Å². The number of hydrogen-bond donors (Lipinski definition) is 1. The maximum Gasteiger partial charge on any atom is 0.236 e. The molecular weight excluding hydrogens is 196 g/mol. The Morgan fingerprint density at radius 1 is 1.60 bits per heavy atom. The quantitative estimate of drug-likeness (QED) is 0.671. The number of carbonyl (C=O) groups is 1. The summed E-state index contributed by atoms with van der Waals surface area (Å²) in [5.41, 5.74) is -0.243. The Kier molecular flexibility index (Phi) is 4.50. The van der Waals surface area contributed by atoms with E-state index in [2.05, 4.69) is 5.32 Å². The van der Waals surface area contributed by atoms with Gasteiger partial charge in [-0.3, -0.25) is 4.79 Å². The van der Waals surface area contributed by atoms with E-state index >= 15 is 0 Å². The highest BCUT2D eigenvalue weighted by Gasteiger charge is 2.34. The SMILES string of the molecule is COC1(CNCC(=O)N(C)C)CCOC1. The fourth-order valence-electron chi connectivity index (χ4n) is 1.52. The fourth-order valence-corrected chi connectivity index (χ4v) is 1.52. The Labute approximate surface area is 90.7 Å². The molecule has 1 fully saturated rings. The molecule has 0 aromatic carbocycles. The van der Waals surface area contributed by atoms with Gasteiger partial charge in [-0.2, -0.15) is 0 Å². The van der Waals surface area contributed by atoms with E-state index < -0.39 is 0 Å². The molecule has 0 aromatic rings. The first kappa shape index (κ1) is 12.4. The lowest BCUT2D eigenvalue weighted by Crippen LogP contribution is -2.45. The van der Waals surface area contributed by atoms with Crippen LogP contribution in [0.15, 0.2) is 0 Å². The van der Waals surface area contributed by atoms with Gasteiger partial charge in [0.1, 0.15) is 5.60 Å². The van der Waals surface area contributed by atoms with Crippen molar-refractivity contribution < 1.29 is 14.3 Å². The van der Waals surface area contributed by atoms with E-state index in [1.807, 2.05) is 0 Å². The van der Waals surface area contributed by atoms with Gasteiger partial charge in [-0.25, -0.2) is 0 Å². The summed E-state index contributed by atoms with van der Waals surface area (Å²) >= 11 is 0. The van der Waals surface area contributed by atoms with Crippen molar-refractivity contribution in [1.29, 1.82) is 0 Å². The minimum absolute atomic E-state index is 0.0696. The summed E-state index contributed by atoms with van der Waals surface area (Å²) in [7, 11) is 5.17. The number of amides is 1. The number of hydrogen-bond acceptors (Lipinski definition) is 4. The van der Waals surface area contributed by atoms with E-state index in [1.54, 1.807) is 26.1 Å². The molecule has 0 aliphatic carbocycles. The number of rotatable bonds is 5. The van der Waals surface area contributed by atoms with E-state index in [9.17, 15) is 4.79 Å². The number of nitrogens with zero attached hydrogens (tertiary/aromatic N) is 1. The van der Waals surface area contributed by atoms with Crippen molar-refractivity contribution in [3.8, 4) is 0 Å². The molecule has 1 amide bonds. The Morgan fingerprint density at radius 2 is 2.33 bits per heavy atom. The molecule has 1 aliphatic rings. The predicted octanol–water partition coefficient (Wildman–Crippen LogP) is -0.530. The highest BCUT2D eigenvalue weighted by molar-refractivity contribution is 5.77. The lowest BCUT2D eigenvalue weighted by molar-refractivity contribution is -0.128. The molecule has 1 N–H and O–H groups in total. The van der Waals surface area contributed by atoms with Crippen LogP contribution in [0.2, 0.25) is 0 Å². The molecule has 88 valence electrons. The minimum atomic E-state index is -0.243. The van der Waals surface area contributed by atoms with Gasteiger partial charge in [-0.15, -0.1) is 0 Å². The van der Waals surface area contributed by atoms with Crippen molar-refractivity contribution in [1.82, 2.24) is 10.2 Å². The standard InChI is InChI=1S/C10H20N2O3/c1-12(2)9(13)6-11-7-10(14-3)4-5-15-8-10/h11H,4-8H2,1-3H3. The van der Waals surface area contributed by atoms with E-state index in [0.29, 0.717) is 19.7 Å². The van der Waals surface area contributed by atoms with E-state index in [4.69, 9.17) is 9.47 Å². The van der Waals surface area contributed by atoms with Crippen molar-refractivity contribution in [2.75, 3.05) is 47.5 Å². The summed E-state index contributed by atoms with van der Waals surface area (Å²) in [6, 6.07) is 0. The summed E-state index contributed by atoms with van der Waals surface area (Å²) in [5.74, 6) is 0.0696. The van der Waals surface area contributed by atoms with Gasteiger partial charge in [0.15, 0.2) is 0 Å². The average Bonchev–Trinajstić information content (AvgIpc) is 2.67. The van der Waals surface area contributed by atoms with Crippen molar-refractivity contribution in [2.45, 2.75) is 12.0 Å². The van der Waals surface area contributed by atoms with Crippen molar-refractivity contribution in [3.63, 3.8) is 0 Å². The molecule has 0 bridgehead atoms. The summed E-state index contributed by atoms with van der Waals surface area (Å²) in [5, 5.41) is 3.10. The van der Waals surface area contributed by atoms with Gasteiger partial charge >= 0.3 is 0 Å². The highest BCUT2D eigenvalue weighted by Crippen LogP contribution is 2.21. The maximum atomic E-state index is 11.3. The monoisotopic (exact) mass is 216 g/mol. The lowest BCUT2D eigenvalue weighted by Gasteiger charge is -2.26. The second-order valence-corrected chi connectivity index (χ2v) is 4.08. The third kappa shape index (κ3) is 3.44. The van der Waals surface area contributed by atoms with Crippen molar-refractivity contribution in [3.05, 3.63) is 0 Å². The summed E-state index contributed by atoms with van der Waals surface area (Å²) in [6.45, 7) is 2.34. The van der Waals surface area contributed by atoms with E-state index in [1.165, 1.54) is 0 Å². The van der Waals surface area contributed by atoms with Crippen LogP contribution in [0.5, 0.6) is 0 Å². The molecule has 0 spiro atoms. The Balaban J connectivity index is 2.26. The van der Waals surface area contributed by atoms with Crippen LogP contribution in [0.1, 0.15) is 6.42 Å². The molecule has 1 atom stereocenters. The number of methoxy groups -OCH3 is 1. The number of likely N-dealkylation sites (N-methyl/N-ethyl adjacent to an activating group) is 1. The Bertz CT molecular complexity index is 213. The highest BCUT2D eigenvalue weighted by atomic mass is 16.5. The summed E-state index contributed by atoms with van der Waals surface area (Å²) in [6.07, 6.45) is 0.882. The number of carbonyl (C=O) groups excluding carboxylic acids is 1. The first-order valence-electron chi connectivity index (χ1n) is 5.13. The molecule has 1 rings (SSSR count). The van der Waals surface area contributed by atoms with E-state index in [0.717, 1.165) is 13.0 Å². The largest absolute Gasteiger partial charge is 0.378 e. The maximum absolute atomic E-state index is 11.3. The van der Waals surface area contributed by atoms with Gasteiger partial charge in [0, 0.05) is 40.8 Å². The van der Waals surface area contributed by atoms with Crippen LogP contribution in [-0.4, -0.2) is 63.9 Å². The zero-order chi connectivity index (χ0) is 11.3. The molecule has 0 aromatic heterocycles. The molecule has 0 radical (unpaired) electrons. The van der Waals surface area contributed by atoms with Crippen molar-refractivity contribution in [2.24, 2.45) is 0 Å². The average molecular weight is 216 g/mol. The summed E-state index contributed by atoms with van der Waals surface area (Å²) in [4.78, 5) is 12.9. The van der Waals surface area contributed by atoms with Gasteiger partial charge < -0.3 is 19.7 Å². The van der Waals surface area contributed by atoms with Crippen molar-refractivity contribution >= 4 is 5.91 Å². The van der Waals surface area contributed by atoms with Crippen LogP contribution in [0.25, 0.3) is 0 Å². The second kappa shape index (κ2) is 5.44. The third-order valence-electron chi connectivity index (χ3n) is 2.72. The predicted molar refractivity (Wildman–Crippen MR) is 56.7 cm³/mol. The van der Waals surface area contributed by atoms with Gasteiger partial charge in [-0.05, 0) is 0 Å². The molecule has 15 heavy (non-hydrogen) atoms. The number of nitrogens with one attached hydrogen (secondary N) is 1. The Hall–Kier alpha value is -0.650. The summed E-state index contributed by atoms with van der Waals surface area (Å²) < 4.78 is 10.7. The molecule has 5 heteroatoms. The molecule has 1 unspecified atom stereocenters. The zero-order valence-corrected chi connectivity index (χ0v) is 9.71. The van der Waals surface area contributed by atoms with Crippen LogP contribution >= 0.6 is 0 Å². The van der Waals surface area contributed by atoms with Crippen LogP contribution in [0.3, 0.4) is 0 Å². The van der Waals surface area contributed by atoms with Crippen LogP contribution in [0, 0.1) is 0 Å². The first-order chi connectivity index (χ1) is 7.09. The fraction of sp³-hybridized carbons (Fsp3) is 0.900. The Morgan fingerprint density at radius 3 is 2.80 bits per heavy atom. The van der Waals surface area contributed by atoms with Gasteiger partial charge in [0.25, 0.3) is 0 Å². The molecule has 1 saturated heterocycles. The number of ether oxygens (including phenoxy) is 2. The smallest absolute Gasteiger partial charge is 0.236 e. The third-order valence-corrected chi connectivity index (χ3v) is 2.72. The van der Waals surface area contributed by atoms with Crippen LogP contribution in [-0.2, 0) is 14.3 Å². The molecule has 1 heterocycles. The van der Waals surface area contributed by atoms with Gasteiger partial charge in [-0.1, -0.05) is 0 Å².